The molecule has 2 aromatic carbocycles. The van der Waals surface area contributed by atoms with E-state index in [1.807, 2.05) is 4.90 Å². The van der Waals surface area contributed by atoms with Crippen LogP contribution in [0.15, 0.2) is 48.5 Å². The van der Waals surface area contributed by atoms with Crippen LogP contribution in [0.1, 0.15) is 16.8 Å². The number of ether oxygens (including phenoxy) is 2. The SMILES string of the molecule is O=C(c1cccc(Oc2ccc(F)cc2)c1)N1C[C@H]2C[C@H]1CO2. The first kappa shape index (κ1) is 14.2. The molecule has 2 aliphatic rings. The maximum atomic E-state index is 12.9. The maximum Gasteiger partial charge on any atom is 0.254 e. The molecule has 2 fully saturated rings. The van der Waals surface area contributed by atoms with Crippen molar-refractivity contribution in [2.45, 2.75) is 18.6 Å². The van der Waals surface area contributed by atoms with E-state index in [1.54, 1.807) is 36.4 Å². The van der Waals surface area contributed by atoms with Gasteiger partial charge in [0.1, 0.15) is 17.3 Å². The quantitative estimate of drug-likeness (QED) is 0.873. The molecule has 0 aliphatic carbocycles. The van der Waals surface area contributed by atoms with Crippen molar-refractivity contribution in [2.24, 2.45) is 0 Å². The highest BCUT2D eigenvalue weighted by atomic mass is 19.1. The molecule has 0 aromatic heterocycles. The standard InChI is InChI=1S/C18H16FNO3/c19-13-4-6-15(7-5-13)23-16-3-1-2-12(8-16)18(21)20-10-17-9-14(20)11-22-17/h1-8,14,17H,9-11H2/t14-,17+/m0/s1. The molecule has 5 heteroatoms. The van der Waals surface area contributed by atoms with E-state index in [9.17, 15) is 9.18 Å². The minimum Gasteiger partial charge on any atom is -0.457 e. The molecule has 23 heavy (non-hydrogen) atoms. The van der Waals surface area contributed by atoms with Crippen molar-refractivity contribution in [1.82, 2.24) is 4.90 Å². The number of rotatable bonds is 3. The van der Waals surface area contributed by atoms with Gasteiger partial charge in [-0.05, 0) is 48.9 Å². The van der Waals surface area contributed by atoms with Crippen molar-refractivity contribution in [1.29, 1.82) is 0 Å². The fourth-order valence-corrected chi connectivity index (χ4v) is 3.15. The molecule has 2 atom stereocenters. The number of carbonyl (C=O) groups excluding carboxylic acids is 1. The third-order valence-electron chi connectivity index (χ3n) is 4.29. The summed E-state index contributed by atoms with van der Waals surface area (Å²) in [7, 11) is 0. The number of amides is 1. The molecule has 0 saturated carbocycles. The number of carbonyl (C=O) groups is 1. The van der Waals surface area contributed by atoms with Gasteiger partial charge >= 0.3 is 0 Å². The van der Waals surface area contributed by atoms with Crippen molar-refractivity contribution in [3.8, 4) is 11.5 Å². The van der Waals surface area contributed by atoms with E-state index in [-0.39, 0.29) is 23.9 Å². The molecule has 2 bridgehead atoms. The number of benzene rings is 2. The molecule has 2 aliphatic heterocycles. The van der Waals surface area contributed by atoms with Crippen LogP contribution in [0.25, 0.3) is 0 Å². The monoisotopic (exact) mass is 313 g/mol. The molecule has 2 saturated heterocycles. The van der Waals surface area contributed by atoms with Crippen molar-refractivity contribution in [3.05, 3.63) is 59.9 Å². The Labute approximate surface area is 133 Å². The largest absolute Gasteiger partial charge is 0.457 e. The Morgan fingerprint density at radius 1 is 1.17 bits per heavy atom. The zero-order valence-electron chi connectivity index (χ0n) is 12.4. The van der Waals surface area contributed by atoms with Crippen LogP contribution in [-0.4, -0.2) is 36.1 Å². The molecule has 4 nitrogen and oxygen atoms in total. The van der Waals surface area contributed by atoms with E-state index in [0.29, 0.717) is 30.2 Å². The Morgan fingerprint density at radius 2 is 2.00 bits per heavy atom. The second kappa shape index (κ2) is 5.66. The fourth-order valence-electron chi connectivity index (χ4n) is 3.15. The zero-order valence-corrected chi connectivity index (χ0v) is 12.4. The van der Waals surface area contributed by atoms with Crippen LogP contribution in [0.5, 0.6) is 11.5 Å². The number of hydrogen-bond acceptors (Lipinski definition) is 3. The average Bonchev–Trinajstić information content (AvgIpc) is 3.20. The van der Waals surface area contributed by atoms with E-state index in [2.05, 4.69) is 0 Å². The third kappa shape index (κ3) is 2.80. The van der Waals surface area contributed by atoms with Gasteiger partial charge in [0.2, 0.25) is 0 Å². The highest BCUT2D eigenvalue weighted by Gasteiger charge is 2.41. The fraction of sp³-hybridized carbons (Fsp3) is 0.278. The normalized spacial score (nSPS) is 22.4. The van der Waals surface area contributed by atoms with Gasteiger partial charge < -0.3 is 14.4 Å². The smallest absolute Gasteiger partial charge is 0.254 e. The highest BCUT2D eigenvalue weighted by molar-refractivity contribution is 5.95. The minimum atomic E-state index is -0.312. The lowest BCUT2D eigenvalue weighted by atomic mass is 10.1. The van der Waals surface area contributed by atoms with Gasteiger partial charge in [0.15, 0.2) is 0 Å². The summed E-state index contributed by atoms with van der Waals surface area (Å²) < 4.78 is 24.1. The van der Waals surface area contributed by atoms with Crippen molar-refractivity contribution >= 4 is 5.91 Å². The maximum absolute atomic E-state index is 12.9. The van der Waals surface area contributed by atoms with Gasteiger partial charge in [-0.25, -0.2) is 4.39 Å². The average molecular weight is 313 g/mol. The molecule has 1 amide bonds. The molecule has 4 rings (SSSR count). The number of fused-ring (bicyclic) bond motifs is 2. The third-order valence-corrected chi connectivity index (χ3v) is 4.29. The predicted octanol–water partition coefficient (Wildman–Crippen LogP) is 3.23. The van der Waals surface area contributed by atoms with Gasteiger partial charge in [-0.3, -0.25) is 4.79 Å². The van der Waals surface area contributed by atoms with Gasteiger partial charge in [-0.1, -0.05) is 6.07 Å². The number of likely N-dealkylation sites (tertiary alicyclic amines) is 1. The van der Waals surface area contributed by atoms with Gasteiger partial charge in [0.05, 0.1) is 18.8 Å². The molecule has 0 radical (unpaired) electrons. The number of nitrogens with zero attached hydrogens (tertiary/aromatic N) is 1. The number of hydrogen-bond donors (Lipinski definition) is 0. The first-order valence-corrected chi connectivity index (χ1v) is 7.65. The Morgan fingerprint density at radius 3 is 2.70 bits per heavy atom. The van der Waals surface area contributed by atoms with Gasteiger partial charge in [0, 0.05) is 12.1 Å². The number of morpholine rings is 1. The summed E-state index contributed by atoms with van der Waals surface area (Å²) in [5.41, 5.74) is 0.595. The van der Waals surface area contributed by atoms with Crippen LogP contribution in [0.3, 0.4) is 0 Å². The van der Waals surface area contributed by atoms with Crippen LogP contribution < -0.4 is 4.74 Å². The van der Waals surface area contributed by atoms with E-state index >= 15 is 0 Å². The van der Waals surface area contributed by atoms with Crippen LogP contribution >= 0.6 is 0 Å². The molecule has 0 N–H and O–H groups in total. The first-order chi connectivity index (χ1) is 11.2. The topological polar surface area (TPSA) is 38.8 Å². The lowest BCUT2D eigenvalue weighted by molar-refractivity contribution is 0.0259. The van der Waals surface area contributed by atoms with Crippen LogP contribution in [0.4, 0.5) is 4.39 Å². The van der Waals surface area contributed by atoms with Gasteiger partial charge in [-0.2, -0.15) is 0 Å². The summed E-state index contributed by atoms with van der Waals surface area (Å²) in [4.78, 5) is 14.5. The summed E-state index contributed by atoms with van der Waals surface area (Å²) in [5, 5.41) is 0. The van der Waals surface area contributed by atoms with Crippen LogP contribution in [-0.2, 0) is 4.74 Å². The van der Waals surface area contributed by atoms with Gasteiger partial charge in [0.25, 0.3) is 5.91 Å². The summed E-state index contributed by atoms with van der Waals surface area (Å²) in [6.45, 7) is 1.29. The van der Waals surface area contributed by atoms with Crippen molar-refractivity contribution in [3.63, 3.8) is 0 Å². The minimum absolute atomic E-state index is 0.00496. The molecule has 118 valence electrons. The number of halogens is 1. The van der Waals surface area contributed by atoms with Crippen molar-refractivity contribution < 1.29 is 18.7 Å². The van der Waals surface area contributed by atoms with Crippen LogP contribution in [0, 0.1) is 5.82 Å². The first-order valence-electron chi connectivity index (χ1n) is 7.65. The van der Waals surface area contributed by atoms with Gasteiger partial charge in [-0.15, -0.1) is 0 Å². The van der Waals surface area contributed by atoms with Crippen LogP contribution in [0.2, 0.25) is 0 Å². The summed E-state index contributed by atoms with van der Waals surface area (Å²) in [5.74, 6) is 0.783. The molecule has 2 heterocycles. The Balaban J connectivity index is 1.52. The zero-order chi connectivity index (χ0) is 15.8. The second-order valence-electron chi connectivity index (χ2n) is 5.89. The second-order valence-corrected chi connectivity index (χ2v) is 5.89. The summed E-state index contributed by atoms with van der Waals surface area (Å²) >= 11 is 0. The Kier molecular flexibility index (Phi) is 3.50. The summed E-state index contributed by atoms with van der Waals surface area (Å²) in [6, 6.07) is 13.0. The predicted molar refractivity (Wildman–Crippen MR) is 82.1 cm³/mol. The molecule has 0 unspecified atom stereocenters. The lowest BCUT2D eigenvalue weighted by Gasteiger charge is -2.27. The van der Waals surface area contributed by atoms with E-state index in [4.69, 9.17) is 9.47 Å². The van der Waals surface area contributed by atoms with E-state index in [1.165, 1.54) is 12.1 Å². The summed E-state index contributed by atoms with van der Waals surface area (Å²) in [6.07, 6.45) is 1.11. The Hall–Kier alpha value is -2.40. The van der Waals surface area contributed by atoms with Crippen molar-refractivity contribution in [2.75, 3.05) is 13.2 Å². The van der Waals surface area contributed by atoms with E-state index in [0.717, 1.165) is 6.42 Å². The lowest BCUT2D eigenvalue weighted by Crippen LogP contribution is -2.41. The highest BCUT2D eigenvalue weighted by Crippen LogP contribution is 2.30. The molecular formula is C18H16FNO3. The molecular weight excluding hydrogens is 297 g/mol. The molecule has 0 spiro atoms. The molecule has 2 aromatic rings. The Bertz CT molecular complexity index is 731. The van der Waals surface area contributed by atoms with E-state index < -0.39 is 0 Å².